The highest BCUT2D eigenvalue weighted by Gasteiger charge is 2.12. The molecule has 1 fully saturated rings. The molecule has 0 aromatic rings. The minimum absolute atomic E-state index is 0.00455. The molecule has 0 aromatic carbocycles. The third-order valence-electron chi connectivity index (χ3n) is 2.38. The summed E-state index contributed by atoms with van der Waals surface area (Å²) < 4.78 is 16.5. The largest absolute Gasteiger partial charge is 0.367 e. The summed E-state index contributed by atoms with van der Waals surface area (Å²) in [4.78, 5) is 0. The first-order valence-corrected chi connectivity index (χ1v) is 7.18. The molecular formula is C12H22O3S. The molecule has 1 unspecified atom stereocenters. The van der Waals surface area contributed by atoms with Gasteiger partial charge in [0.2, 0.25) is 0 Å². The van der Waals surface area contributed by atoms with E-state index in [1.54, 1.807) is 11.8 Å². The predicted molar refractivity (Wildman–Crippen MR) is 67.6 cm³/mol. The van der Waals surface area contributed by atoms with E-state index < -0.39 is 0 Å². The Labute approximate surface area is 103 Å². The smallest absolute Gasteiger partial charge is 0.157 e. The van der Waals surface area contributed by atoms with E-state index in [-0.39, 0.29) is 6.29 Å². The van der Waals surface area contributed by atoms with Crippen molar-refractivity contribution in [1.29, 1.82) is 0 Å². The van der Waals surface area contributed by atoms with Crippen LogP contribution in [0.5, 0.6) is 0 Å². The Balaban J connectivity index is 2.05. The van der Waals surface area contributed by atoms with E-state index >= 15 is 0 Å². The SMILES string of the molecule is CSCOC/C(C)=C\COC1CCCCO1. The second kappa shape index (κ2) is 9.05. The van der Waals surface area contributed by atoms with Crippen molar-refractivity contribution in [2.45, 2.75) is 32.5 Å². The monoisotopic (exact) mass is 246 g/mol. The summed E-state index contributed by atoms with van der Waals surface area (Å²) in [5.74, 6) is 0.748. The molecule has 94 valence electrons. The number of rotatable bonds is 7. The quantitative estimate of drug-likeness (QED) is 0.392. The van der Waals surface area contributed by atoms with E-state index in [2.05, 4.69) is 13.0 Å². The number of hydrogen-bond acceptors (Lipinski definition) is 4. The molecule has 1 atom stereocenters. The minimum atomic E-state index is 0.00455. The molecular weight excluding hydrogens is 224 g/mol. The van der Waals surface area contributed by atoms with Gasteiger partial charge in [0.15, 0.2) is 6.29 Å². The second-order valence-electron chi connectivity index (χ2n) is 3.93. The van der Waals surface area contributed by atoms with Crippen LogP contribution in [0, 0.1) is 0 Å². The van der Waals surface area contributed by atoms with Crippen LogP contribution in [0.15, 0.2) is 11.6 Å². The lowest BCUT2D eigenvalue weighted by molar-refractivity contribution is -0.155. The van der Waals surface area contributed by atoms with Gasteiger partial charge in [-0.1, -0.05) is 6.08 Å². The van der Waals surface area contributed by atoms with Gasteiger partial charge in [-0.3, -0.25) is 0 Å². The fourth-order valence-electron chi connectivity index (χ4n) is 1.49. The second-order valence-corrected chi connectivity index (χ2v) is 4.75. The fraction of sp³-hybridized carbons (Fsp3) is 0.833. The van der Waals surface area contributed by atoms with E-state index in [0.29, 0.717) is 13.2 Å². The topological polar surface area (TPSA) is 27.7 Å². The van der Waals surface area contributed by atoms with E-state index in [9.17, 15) is 0 Å². The van der Waals surface area contributed by atoms with Gasteiger partial charge in [-0.25, -0.2) is 0 Å². The third-order valence-corrected chi connectivity index (χ3v) is 2.79. The molecule has 0 aliphatic carbocycles. The first-order valence-electron chi connectivity index (χ1n) is 5.78. The van der Waals surface area contributed by atoms with Crippen molar-refractivity contribution in [3.05, 3.63) is 11.6 Å². The Morgan fingerprint density at radius 2 is 2.38 bits per heavy atom. The standard InChI is InChI=1S/C12H22O3S/c1-11(9-13-10-16-2)6-8-15-12-5-3-4-7-14-12/h6,12H,3-5,7-10H2,1-2H3/b11-6-. The van der Waals surface area contributed by atoms with Crippen LogP contribution in [0.2, 0.25) is 0 Å². The molecule has 3 nitrogen and oxygen atoms in total. The highest BCUT2D eigenvalue weighted by molar-refractivity contribution is 7.98. The summed E-state index contributed by atoms with van der Waals surface area (Å²) in [6.45, 7) is 4.21. The van der Waals surface area contributed by atoms with Crippen molar-refractivity contribution in [2.24, 2.45) is 0 Å². The van der Waals surface area contributed by atoms with Crippen LogP contribution in [0.25, 0.3) is 0 Å². The Kier molecular flexibility index (Phi) is 7.93. The van der Waals surface area contributed by atoms with Crippen molar-refractivity contribution in [3.63, 3.8) is 0 Å². The molecule has 4 heteroatoms. The molecule has 1 heterocycles. The minimum Gasteiger partial charge on any atom is -0.367 e. The van der Waals surface area contributed by atoms with Gasteiger partial charge < -0.3 is 14.2 Å². The van der Waals surface area contributed by atoms with Gasteiger partial charge >= 0.3 is 0 Å². The Morgan fingerprint density at radius 1 is 1.50 bits per heavy atom. The molecule has 1 rings (SSSR count). The first kappa shape index (κ1) is 14.0. The molecule has 1 aliphatic heterocycles. The van der Waals surface area contributed by atoms with E-state index in [1.807, 2.05) is 6.26 Å². The summed E-state index contributed by atoms with van der Waals surface area (Å²) in [7, 11) is 0. The Hall–Kier alpha value is -0.0300. The van der Waals surface area contributed by atoms with Crippen LogP contribution in [0.1, 0.15) is 26.2 Å². The average Bonchev–Trinajstić information content (AvgIpc) is 2.31. The molecule has 16 heavy (non-hydrogen) atoms. The van der Waals surface area contributed by atoms with Crippen molar-refractivity contribution in [1.82, 2.24) is 0 Å². The van der Waals surface area contributed by atoms with Gasteiger partial charge in [0.05, 0.1) is 19.2 Å². The molecule has 0 radical (unpaired) electrons. The van der Waals surface area contributed by atoms with Gasteiger partial charge in [0.25, 0.3) is 0 Å². The predicted octanol–water partition coefficient (Wildman–Crippen LogP) is 2.81. The van der Waals surface area contributed by atoms with Crippen LogP contribution in [-0.2, 0) is 14.2 Å². The van der Waals surface area contributed by atoms with Crippen LogP contribution >= 0.6 is 11.8 Å². The van der Waals surface area contributed by atoms with Gasteiger partial charge in [0.1, 0.15) is 0 Å². The maximum Gasteiger partial charge on any atom is 0.157 e. The summed E-state index contributed by atoms with van der Waals surface area (Å²) in [5.41, 5.74) is 1.21. The summed E-state index contributed by atoms with van der Waals surface area (Å²) in [6, 6.07) is 0. The van der Waals surface area contributed by atoms with Crippen molar-refractivity contribution in [3.8, 4) is 0 Å². The van der Waals surface area contributed by atoms with Gasteiger partial charge in [-0.2, -0.15) is 0 Å². The average molecular weight is 246 g/mol. The van der Waals surface area contributed by atoms with Crippen molar-refractivity contribution < 1.29 is 14.2 Å². The zero-order valence-electron chi connectivity index (χ0n) is 10.2. The molecule has 1 aliphatic rings. The lowest BCUT2D eigenvalue weighted by Crippen LogP contribution is -2.22. The maximum absolute atomic E-state index is 5.60. The highest BCUT2D eigenvalue weighted by Crippen LogP contribution is 2.13. The zero-order chi connectivity index (χ0) is 11.6. The highest BCUT2D eigenvalue weighted by atomic mass is 32.2. The maximum atomic E-state index is 5.60. The lowest BCUT2D eigenvalue weighted by Gasteiger charge is -2.22. The van der Waals surface area contributed by atoms with Crippen LogP contribution in [-0.4, -0.2) is 38.3 Å². The lowest BCUT2D eigenvalue weighted by atomic mass is 10.2. The molecule has 0 N–H and O–H groups in total. The normalized spacial score (nSPS) is 22.4. The molecule has 0 aromatic heterocycles. The Morgan fingerprint density at radius 3 is 3.06 bits per heavy atom. The van der Waals surface area contributed by atoms with E-state index in [1.165, 1.54) is 12.0 Å². The number of hydrogen-bond donors (Lipinski definition) is 0. The molecule has 0 amide bonds. The molecule has 0 spiro atoms. The van der Waals surface area contributed by atoms with Gasteiger partial charge in [-0.15, -0.1) is 11.8 Å². The summed E-state index contributed by atoms with van der Waals surface area (Å²) in [6.07, 6.45) is 7.50. The van der Waals surface area contributed by atoms with Crippen LogP contribution in [0.4, 0.5) is 0 Å². The summed E-state index contributed by atoms with van der Waals surface area (Å²) in [5, 5.41) is 0. The number of ether oxygens (including phenoxy) is 3. The zero-order valence-corrected chi connectivity index (χ0v) is 11.1. The fourth-order valence-corrected chi connectivity index (χ4v) is 1.74. The van der Waals surface area contributed by atoms with E-state index in [4.69, 9.17) is 14.2 Å². The molecule has 0 bridgehead atoms. The molecule has 0 saturated carbocycles. The van der Waals surface area contributed by atoms with Gasteiger partial charge in [0, 0.05) is 6.61 Å². The Bertz CT molecular complexity index is 200. The molecule has 1 saturated heterocycles. The van der Waals surface area contributed by atoms with Gasteiger partial charge in [-0.05, 0) is 38.0 Å². The number of thioether (sulfide) groups is 1. The summed E-state index contributed by atoms with van der Waals surface area (Å²) >= 11 is 1.69. The van der Waals surface area contributed by atoms with Crippen LogP contribution in [0.3, 0.4) is 0 Å². The van der Waals surface area contributed by atoms with Crippen molar-refractivity contribution >= 4 is 11.8 Å². The van der Waals surface area contributed by atoms with Crippen LogP contribution < -0.4 is 0 Å². The first-order chi connectivity index (χ1) is 7.83. The van der Waals surface area contributed by atoms with E-state index in [0.717, 1.165) is 25.4 Å². The van der Waals surface area contributed by atoms with Crippen molar-refractivity contribution in [2.75, 3.05) is 32.0 Å². The third kappa shape index (κ3) is 6.53.